The van der Waals surface area contributed by atoms with Gasteiger partial charge in [-0.1, -0.05) is 36.4 Å². The summed E-state index contributed by atoms with van der Waals surface area (Å²) >= 11 is 0. The number of amides is 1. The normalized spacial score (nSPS) is 9.44. The van der Waals surface area contributed by atoms with Gasteiger partial charge >= 0.3 is 0 Å². The Balaban J connectivity index is 1.89. The van der Waals surface area contributed by atoms with Crippen LogP contribution in [0.25, 0.3) is 6.08 Å². The lowest BCUT2D eigenvalue weighted by Crippen LogP contribution is -2.30. The number of nitrogens with zero attached hydrogens (tertiary/aromatic N) is 2. The summed E-state index contributed by atoms with van der Waals surface area (Å²) in [5.41, 5.74) is 1.77. The third-order valence-electron chi connectivity index (χ3n) is 3.68. The van der Waals surface area contributed by atoms with Gasteiger partial charge in [0.15, 0.2) is 18.1 Å². The summed E-state index contributed by atoms with van der Waals surface area (Å²) in [5, 5.41) is 20.4. The van der Waals surface area contributed by atoms with Crippen molar-refractivity contribution in [1.29, 1.82) is 10.5 Å². The molecule has 2 aromatic rings. The van der Waals surface area contributed by atoms with E-state index >= 15 is 0 Å². The molecule has 136 valence electrons. The van der Waals surface area contributed by atoms with Crippen molar-refractivity contribution in [3.8, 4) is 23.6 Å². The largest absolute Gasteiger partial charge is 0.493 e. The zero-order valence-electron chi connectivity index (χ0n) is 14.9. The van der Waals surface area contributed by atoms with Crippen LogP contribution in [-0.2, 0) is 11.2 Å². The molecule has 6 heteroatoms. The molecular weight excluding hydrogens is 342 g/mol. The summed E-state index contributed by atoms with van der Waals surface area (Å²) in [5.74, 6) is 0.590. The predicted octanol–water partition coefficient (Wildman–Crippen LogP) is 2.86. The highest BCUT2D eigenvalue weighted by Gasteiger charge is 2.08. The van der Waals surface area contributed by atoms with Gasteiger partial charge < -0.3 is 14.8 Å². The zero-order valence-corrected chi connectivity index (χ0v) is 14.9. The van der Waals surface area contributed by atoms with Gasteiger partial charge in [-0.15, -0.1) is 0 Å². The van der Waals surface area contributed by atoms with Crippen molar-refractivity contribution in [2.75, 3.05) is 20.3 Å². The van der Waals surface area contributed by atoms with Gasteiger partial charge in [-0.25, -0.2) is 0 Å². The first-order valence-corrected chi connectivity index (χ1v) is 8.29. The second-order valence-corrected chi connectivity index (χ2v) is 5.57. The van der Waals surface area contributed by atoms with Crippen LogP contribution >= 0.6 is 0 Å². The van der Waals surface area contributed by atoms with Crippen molar-refractivity contribution in [1.82, 2.24) is 5.32 Å². The van der Waals surface area contributed by atoms with E-state index in [1.54, 1.807) is 30.3 Å². The number of carbonyl (C=O) groups is 1. The van der Waals surface area contributed by atoms with Gasteiger partial charge in [0.05, 0.1) is 7.11 Å². The molecule has 0 bridgehead atoms. The maximum atomic E-state index is 11.9. The van der Waals surface area contributed by atoms with E-state index in [-0.39, 0.29) is 18.1 Å². The number of hydrogen-bond acceptors (Lipinski definition) is 5. The van der Waals surface area contributed by atoms with Crippen LogP contribution in [0, 0.1) is 22.7 Å². The third-order valence-corrected chi connectivity index (χ3v) is 3.68. The second-order valence-electron chi connectivity index (χ2n) is 5.57. The highest BCUT2D eigenvalue weighted by Crippen LogP contribution is 2.28. The van der Waals surface area contributed by atoms with E-state index in [2.05, 4.69) is 5.32 Å². The number of ether oxygens (including phenoxy) is 2. The fourth-order valence-corrected chi connectivity index (χ4v) is 2.33. The summed E-state index contributed by atoms with van der Waals surface area (Å²) in [4.78, 5) is 11.9. The molecule has 2 rings (SSSR count). The van der Waals surface area contributed by atoms with Gasteiger partial charge in [0.1, 0.15) is 17.7 Å². The van der Waals surface area contributed by atoms with Crippen molar-refractivity contribution in [2.24, 2.45) is 0 Å². The number of hydrogen-bond donors (Lipinski definition) is 1. The van der Waals surface area contributed by atoms with Crippen molar-refractivity contribution < 1.29 is 14.3 Å². The Morgan fingerprint density at radius 1 is 1.11 bits per heavy atom. The molecule has 6 nitrogen and oxygen atoms in total. The molecule has 0 saturated carbocycles. The highest BCUT2D eigenvalue weighted by molar-refractivity contribution is 5.77. The molecule has 2 aromatic carbocycles. The van der Waals surface area contributed by atoms with Gasteiger partial charge in [-0.2, -0.15) is 10.5 Å². The number of methoxy groups -OCH3 is 1. The molecule has 0 unspecified atom stereocenters. The van der Waals surface area contributed by atoms with Gasteiger partial charge in [0.2, 0.25) is 0 Å². The molecule has 0 aliphatic heterocycles. The van der Waals surface area contributed by atoms with Gasteiger partial charge in [0, 0.05) is 6.54 Å². The molecular formula is C21H19N3O3. The summed E-state index contributed by atoms with van der Waals surface area (Å²) < 4.78 is 10.8. The first-order chi connectivity index (χ1) is 13.2. The number of benzene rings is 2. The van der Waals surface area contributed by atoms with E-state index in [0.29, 0.717) is 23.6 Å². The molecule has 0 radical (unpaired) electrons. The number of carbonyl (C=O) groups excluding carboxylic acids is 1. The lowest BCUT2D eigenvalue weighted by atomic mass is 10.1. The van der Waals surface area contributed by atoms with E-state index in [4.69, 9.17) is 20.0 Å². The quantitative estimate of drug-likeness (QED) is 0.730. The van der Waals surface area contributed by atoms with Crippen LogP contribution < -0.4 is 14.8 Å². The summed E-state index contributed by atoms with van der Waals surface area (Å²) in [7, 11) is 1.48. The van der Waals surface area contributed by atoms with Gasteiger partial charge in [-0.05, 0) is 35.8 Å². The molecule has 0 saturated heterocycles. The molecule has 1 amide bonds. The van der Waals surface area contributed by atoms with Crippen molar-refractivity contribution in [3.05, 3.63) is 65.2 Å². The van der Waals surface area contributed by atoms with Crippen LogP contribution in [0.5, 0.6) is 11.5 Å². The lowest BCUT2D eigenvalue weighted by molar-refractivity contribution is -0.123. The molecule has 27 heavy (non-hydrogen) atoms. The molecule has 0 aliphatic rings. The van der Waals surface area contributed by atoms with Crippen LogP contribution in [0.1, 0.15) is 11.1 Å². The molecule has 0 aromatic heterocycles. The molecule has 0 spiro atoms. The van der Waals surface area contributed by atoms with E-state index in [0.717, 1.165) is 12.0 Å². The van der Waals surface area contributed by atoms with Crippen molar-refractivity contribution in [2.45, 2.75) is 6.42 Å². The number of allylic oxidation sites excluding steroid dienone is 1. The Bertz CT molecular complexity index is 877. The third kappa shape index (κ3) is 6.22. The van der Waals surface area contributed by atoms with E-state index in [1.165, 1.54) is 13.2 Å². The first kappa shape index (κ1) is 19.6. The van der Waals surface area contributed by atoms with Crippen LogP contribution in [-0.4, -0.2) is 26.2 Å². The maximum Gasteiger partial charge on any atom is 0.257 e. The average molecular weight is 361 g/mol. The average Bonchev–Trinajstić information content (AvgIpc) is 2.71. The van der Waals surface area contributed by atoms with E-state index in [9.17, 15) is 4.79 Å². The fourth-order valence-electron chi connectivity index (χ4n) is 2.33. The summed E-state index contributed by atoms with van der Waals surface area (Å²) in [6, 6.07) is 18.4. The van der Waals surface area contributed by atoms with Gasteiger partial charge in [0.25, 0.3) is 5.91 Å². The fraction of sp³-hybridized carbons (Fsp3) is 0.190. The highest BCUT2D eigenvalue weighted by atomic mass is 16.5. The molecule has 0 atom stereocenters. The standard InChI is InChI=1S/C21H19N3O3/c1-26-20-12-17(11-18(13-22)14-23)7-8-19(20)27-15-21(25)24-10-9-16-5-3-2-4-6-16/h2-8,11-12H,9-10,15H2,1H3,(H,24,25). The molecule has 0 aliphatic carbocycles. The predicted molar refractivity (Wildman–Crippen MR) is 101 cm³/mol. The Labute approximate surface area is 158 Å². The monoisotopic (exact) mass is 361 g/mol. The van der Waals surface area contributed by atoms with Crippen molar-refractivity contribution in [3.63, 3.8) is 0 Å². The Morgan fingerprint density at radius 3 is 2.52 bits per heavy atom. The number of nitriles is 2. The van der Waals surface area contributed by atoms with Gasteiger partial charge in [-0.3, -0.25) is 4.79 Å². The lowest BCUT2D eigenvalue weighted by Gasteiger charge is -2.11. The minimum atomic E-state index is -0.229. The molecule has 1 N–H and O–H groups in total. The van der Waals surface area contributed by atoms with Crippen LogP contribution in [0.15, 0.2) is 54.1 Å². The Hall–Kier alpha value is -3.77. The minimum absolute atomic E-state index is 0.0106. The Morgan fingerprint density at radius 2 is 1.85 bits per heavy atom. The first-order valence-electron chi connectivity index (χ1n) is 8.29. The Kier molecular flexibility index (Phi) is 7.44. The van der Waals surface area contributed by atoms with E-state index in [1.807, 2.05) is 30.3 Å². The summed E-state index contributed by atoms with van der Waals surface area (Å²) in [6.07, 6.45) is 2.19. The minimum Gasteiger partial charge on any atom is -0.493 e. The van der Waals surface area contributed by atoms with E-state index < -0.39 is 0 Å². The maximum absolute atomic E-state index is 11.9. The molecule has 0 fully saturated rings. The van der Waals surface area contributed by atoms with Crippen molar-refractivity contribution >= 4 is 12.0 Å². The summed E-state index contributed by atoms with van der Waals surface area (Å²) in [6.45, 7) is 0.389. The second kappa shape index (κ2) is 10.3. The smallest absolute Gasteiger partial charge is 0.257 e. The van der Waals surface area contributed by atoms with Crippen LogP contribution in [0.3, 0.4) is 0 Å². The number of rotatable bonds is 8. The topological polar surface area (TPSA) is 95.1 Å². The zero-order chi connectivity index (χ0) is 19.5. The number of nitrogens with one attached hydrogen (secondary N) is 1. The van der Waals surface area contributed by atoms with Crippen LogP contribution in [0.2, 0.25) is 0 Å². The SMILES string of the molecule is COc1cc(C=C(C#N)C#N)ccc1OCC(=O)NCCc1ccccc1. The van der Waals surface area contributed by atoms with Crippen LogP contribution in [0.4, 0.5) is 0 Å². The molecule has 0 heterocycles.